The van der Waals surface area contributed by atoms with Crippen LogP contribution in [0.15, 0.2) is 42.0 Å². The van der Waals surface area contributed by atoms with E-state index in [4.69, 9.17) is 4.74 Å². The largest absolute Gasteiger partial charge is 0.456 e. The molecule has 0 atom stereocenters. The lowest BCUT2D eigenvalue weighted by Crippen LogP contribution is -2.08. The van der Waals surface area contributed by atoms with Gasteiger partial charge in [0.25, 0.3) is 0 Å². The maximum absolute atomic E-state index is 12.1. The predicted octanol–water partition coefficient (Wildman–Crippen LogP) is 2.86. The highest BCUT2D eigenvalue weighted by Gasteiger charge is 2.17. The number of rotatable bonds is 4. The number of aldehydes is 1. The summed E-state index contributed by atoms with van der Waals surface area (Å²) >= 11 is 1.26. The quantitative estimate of drug-likeness (QED) is 0.547. The molecule has 0 saturated carbocycles. The molecule has 104 valence electrons. The molecule has 3 rings (SSSR count). The van der Waals surface area contributed by atoms with Crippen molar-refractivity contribution in [3.8, 4) is 0 Å². The Hall–Kier alpha value is -2.60. The van der Waals surface area contributed by atoms with Crippen LogP contribution in [0.2, 0.25) is 0 Å². The van der Waals surface area contributed by atoms with Crippen LogP contribution in [0, 0.1) is 0 Å². The number of carbonyl (C=O) groups is 2. The molecule has 2 heterocycles. The molecule has 0 unspecified atom stereocenters. The molecule has 0 aliphatic carbocycles. The number of esters is 1. The van der Waals surface area contributed by atoms with Gasteiger partial charge in [0.05, 0.1) is 15.8 Å². The lowest BCUT2D eigenvalue weighted by molar-refractivity contribution is 0.0468. The van der Waals surface area contributed by atoms with Crippen LogP contribution >= 0.6 is 11.3 Å². The van der Waals surface area contributed by atoms with E-state index in [0.29, 0.717) is 22.1 Å². The lowest BCUT2D eigenvalue weighted by atomic mass is 10.2. The van der Waals surface area contributed by atoms with Crippen LogP contribution < -0.4 is 0 Å². The molecule has 0 N–H and O–H groups in total. The van der Waals surface area contributed by atoms with Gasteiger partial charge in [0.1, 0.15) is 12.9 Å². The number of carbonyl (C=O) groups excluding carboxylic acids is 2. The highest BCUT2D eigenvalue weighted by molar-refractivity contribution is 7.17. The van der Waals surface area contributed by atoms with Gasteiger partial charge in [0.2, 0.25) is 0 Å². The zero-order valence-electron chi connectivity index (χ0n) is 10.9. The standard InChI is InChI=1S/C15H10N2O3S/c18-6-11-8-21-14-12(11)16-9-17-13(14)15(19)20-7-10-4-2-1-3-5-10/h1-6,8-9H,7H2. The second-order valence-electron chi connectivity index (χ2n) is 4.27. The Kier molecular flexibility index (Phi) is 3.70. The van der Waals surface area contributed by atoms with Gasteiger partial charge in [-0.15, -0.1) is 11.3 Å². The first-order valence-electron chi connectivity index (χ1n) is 6.18. The number of benzene rings is 1. The predicted molar refractivity (Wildman–Crippen MR) is 78.4 cm³/mol. The summed E-state index contributed by atoms with van der Waals surface area (Å²) in [5, 5.41) is 1.65. The molecule has 0 fully saturated rings. The minimum absolute atomic E-state index is 0.178. The molecule has 0 bridgehead atoms. The summed E-state index contributed by atoms with van der Waals surface area (Å²) in [4.78, 5) is 31.0. The molecule has 0 aliphatic heterocycles. The minimum atomic E-state index is -0.523. The molecule has 2 aromatic heterocycles. The van der Waals surface area contributed by atoms with E-state index in [1.165, 1.54) is 17.7 Å². The van der Waals surface area contributed by atoms with E-state index in [1.54, 1.807) is 5.38 Å². The third kappa shape index (κ3) is 2.66. The molecule has 0 amide bonds. The minimum Gasteiger partial charge on any atom is -0.456 e. The fraction of sp³-hybridized carbons (Fsp3) is 0.0667. The highest BCUT2D eigenvalue weighted by Crippen LogP contribution is 2.25. The molecule has 6 heteroatoms. The molecule has 3 aromatic rings. The third-order valence-corrected chi connectivity index (χ3v) is 3.91. The third-order valence-electron chi connectivity index (χ3n) is 2.91. The summed E-state index contributed by atoms with van der Waals surface area (Å²) in [6.07, 6.45) is 1.98. The van der Waals surface area contributed by atoms with Gasteiger partial charge in [-0.25, -0.2) is 14.8 Å². The number of fused-ring (bicyclic) bond motifs is 1. The number of hydrogen-bond donors (Lipinski definition) is 0. The molecule has 1 aromatic carbocycles. The Balaban J connectivity index is 1.85. The Morgan fingerprint density at radius 1 is 1.24 bits per heavy atom. The van der Waals surface area contributed by atoms with Crippen LogP contribution in [0.25, 0.3) is 10.2 Å². The zero-order chi connectivity index (χ0) is 14.7. The van der Waals surface area contributed by atoms with Crippen molar-refractivity contribution in [2.75, 3.05) is 0 Å². The summed E-state index contributed by atoms with van der Waals surface area (Å²) in [6.45, 7) is 0.178. The van der Waals surface area contributed by atoms with Crippen molar-refractivity contribution in [2.24, 2.45) is 0 Å². The van der Waals surface area contributed by atoms with E-state index in [1.807, 2.05) is 30.3 Å². The number of aromatic nitrogens is 2. The van der Waals surface area contributed by atoms with Gasteiger partial charge in [0, 0.05) is 5.38 Å². The smallest absolute Gasteiger partial charge is 0.358 e. The van der Waals surface area contributed by atoms with Crippen LogP contribution in [0.1, 0.15) is 26.4 Å². The average Bonchev–Trinajstić information content (AvgIpc) is 2.96. The maximum atomic E-state index is 12.1. The number of nitrogens with zero attached hydrogens (tertiary/aromatic N) is 2. The summed E-state index contributed by atoms with van der Waals surface area (Å²) < 4.78 is 5.82. The van der Waals surface area contributed by atoms with E-state index < -0.39 is 5.97 Å². The van der Waals surface area contributed by atoms with E-state index in [-0.39, 0.29) is 12.3 Å². The van der Waals surface area contributed by atoms with Crippen molar-refractivity contribution in [1.82, 2.24) is 9.97 Å². The second-order valence-corrected chi connectivity index (χ2v) is 5.15. The van der Waals surface area contributed by atoms with Crippen molar-refractivity contribution in [2.45, 2.75) is 6.61 Å². The Morgan fingerprint density at radius 2 is 2.05 bits per heavy atom. The number of hydrogen-bond acceptors (Lipinski definition) is 6. The molecule has 21 heavy (non-hydrogen) atoms. The van der Waals surface area contributed by atoms with Crippen molar-refractivity contribution in [3.05, 3.63) is 58.9 Å². The first-order valence-corrected chi connectivity index (χ1v) is 7.06. The topological polar surface area (TPSA) is 69.2 Å². The van der Waals surface area contributed by atoms with E-state index in [9.17, 15) is 9.59 Å². The van der Waals surface area contributed by atoms with Crippen molar-refractivity contribution in [3.63, 3.8) is 0 Å². The second kappa shape index (κ2) is 5.80. The number of ether oxygens (including phenoxy) is 1. The molecule has 0 saturated heterocycles. The Bertz CT molecular complexity index is 799. The fourth-order valence-electron chi connectivity index (χ4n) is 1.89. The van der Waals surface area contributed by atoms with Crippen LogP contribution in [0.4, 0.5) is 0 Å². The van der Waals surface area contributed by atoms with Crippen LogP contribution in [0.3, 0.4) is 0 Å². The monoisotopic (exact) mass is 298 g/mol. The maximum Gasteiger partial charge on any atom is 0.358 e. The Morgan fingerprint density at radius 3 is 2.81 bits per heavy atom. The van der Waals surface area contributed by atoms with Gasteiger partial charge in [-0.1, -0.05) is 30.3 Å². The highest BCUT2D eigenvalue weighted by atomic mass is 32.1. The van der Waals surface area contributed by atoms with Crippen molar-refractivity contribution in [1.29, 1.82) is 0 Å². The van der Waals surface area contributed by atoms with Gasteiger partial charge in [0.15, 0.2) is 12.0 Å². The van der Waals surface area contributed by atoms with Gasteiger partial charge in [-0.2, -0.15) is 0 Å². The fourth-order valence-corrected chi connectivity index (χ4v) is 2.83. The molecular weight excluding hydrogens is 288 g/mol. The molecule has 0 radical (unpaired) electrons. The first-order chi connectivity index (χ1) is 10.3. The van der Waals surface area contributed by atoms with Gasteiger partial charge in [-0.3, -0.25) is 4.79 Å². The lowest BCUT2D eigenvalue weighted by Gasteiger charge is -2.04. The van der Waals surface area contributed by atoms with Crippen LogP contribution in [0.5, 0.6) is 0 Å². The first kappa shape index (κ1) is 13.4. The van der Waals surface area contributed by atoms with Crippen molar-refractivity contribution >= 4 is 33.8 Å². The summed E-state index contributed by atoms with van der Waals surface area (Å²) in [5.74, 6) is -0.523. The molecule has 5 nitrogen and oxygen atoms in total. The normalized spacial score (nSPS) is 10.5. The summed E-state index contributed by atoms with van der Waals surface area (Å²) in [5.41, 5.74) is 2.02. The summed E-state index contributed by atoms with van der Waals surface area (Å²) in [6, 6.07) is 9.40. The zero-order valence-corrected chi connectivity index (χ0v) is 11.7. The van der Waals surface area contributed by atoms with E-state index in [2.05, 4.69) is 9.97 Å². The summed E-state index contributed by atoms with van der Waals surface area (Å²) in [7, 11) is 0. The van der Waals surface area contributed by atoms with E-state index >= 15 is 0 Å². The molecule has 0 spiro atoms. The molecular formula is C15H10N2O3S. The molecule has 0 aliphatic rings. The van der Waals surface area contributed by atoms with Gasteiger partial charge in [-0.05, 0) is 5.56 Å². The van der Waals surface area contributed by atoms with Gasteiger partial charge >= 0.3 is 5.97 Å². The average molecular weight is 298 g/mol. The SMILES string of the molecule is O=Cc1csc2c(C(=O)OCc3ccccc3)ncnc12. The number of thiophene rings is 1. The van der Waals surface area contributed by atoms with Crippen LogP contribution in [-0.2, 0) is 11.3 Å². The van der Waals surface area contributed by atoms with E-state index in [0.717, 1.165) is 5.56 Å². The van der Waals surface area contributed by atoms with Gasteiger partial charge < -0.3 is 4.74 Å². The van der Waals surface area contributed by atoms with Crippen LogP contribution in [-0.4, -0.2) is 22.2 Å². The Labute approximate surface area is 124 Å². The van der Waals surface area contributed by atoms with Crippen molar-refractivity contribution < 1.29 is 14.3 Å².